The number of benzene rings is 1. The molecule has 112 valence electrons. The molecule has 0 bridgehead atoms. The summed E-state index contributed by atoms with van der Waals surface area (Å²) in [5.74, 6) is 0.484. The summed E-state index contributed by atoms with van der Waals surface area (Å²) in [6, 6.07) is 5.48. The summed E-state index contributed by atoms with van der Waals surface area (Å²) in [4.78, 5) is 17.9. The third-order valence-corrected chi connectivity index (χ3v) is 3.79. The Morgan fingerprint density at radius 1 is 1.38 bits per heavy atom. The van der Waals surface area contributed by atoms with Gasteiger partial charge in [0.15, 0.2) is 6.61 Å². The van der Waals surface area contributed by atoms with Crippen LogP contribution in [0, 0.1) is 0 Å². The molecule has 0 saturated heterocycles. The molecule has 0 spiro atoms. The van der Waals surface area contributed by atoms with E-state index in [4.69, 9.17) is 10.5 Å². The van der Waals surface area contributed by atoms with Crippen LogP contribution in [0.25, 0.3) is 11.3 Å². The lowest BCUT2D eigenvalue weighted by molar-refractivity contribution is -0.132. The van der Waals surface area contributed by atoms with Gasteiger partial charge in [0.05, 0.1) is 16.9 Å². The number of hydrogen-bond acceptors (Lipinski definition) is 5. The van der Waals surface area contributed by atoms with Crippen molar-refractivity contribution in [3.8, 4) is 17.0 Å². The van der Waals surface area contributed by atoms with Gasteiger partial charge in [0.1, 0.15) is 5.75 Å². The Bertz CT molecular complexity index is 595. The number of nitrogens with two attached hydrogens (primary N) is 1. The van der Waals surface area contributed by atoms with Gasteiger partial charge in [-0.05, 0) is 32.0 Å². The monoisotopic (exact) mass is 305 g/mol. The van der Waals surface area contributed by atoms with Crippen molar-refractivity contribution in [1.29, 1.82) is 0 Å². The second-order valence-electron chi connectivity index (χ2n) is 4.48. The quantitative estimate of drug-likeness (QED) is 0.833. The zero-order chi connectivity index (χ0) is 15.2. The van der Waals surface area contributed by atoms with Gasteiger partial charge in [-0.1, -0.05) is 0 Å². The number of ether oxygens (including phenoxy) is 1. The molecule has 0 aliphatic heterocycles. The van der Waals surface area contributed by atoms with Gasteiger partial charge in [-0.3, -0.25) is 4.79 Å². The van der Waals surface area contributed by atoms with E-state index in [1.807, 2.05) is 31.4 Å². The van der Waals surface area contributed by atoms with Crippen molar-refractivity contribution in [3.05, 3.63) is 29.1 Å². The summed E-state index contributed by atoms with van der Waals surface area (Å²) >= 11 is 1.53. The van der Waals surface area contributed by atoms with Crippen molar-refractivity contribution < 1.29 is 9.53 Å². The third kappa shape index (κ3) is 3.72. The molecular weight excluding hydrogens is 286 g/mol. The van der Waals surface area contributed by atoms with Crippen LogP contribution in [0.2, 0.25) is 0 Å². The number of aromatic nitrogens is 1. The lowest BCUT2D eigenvalue weighted by atomic mass is 10.1. The molecule has 0 saturated carbocycles. The van der Waals surface area contributed by atoms with Gasteiger partial charge in [-0.15, -0.1) is 11.3 Å². The van der Waals surface area contributed by atoms with E-state index in [2.05, 4.69) is 4.98 Å². The summed E-state index contributed by atoms with van der Waals surface area (Å²) in [7, 11) is 0. The first-order valence-corrected chi connectivity index (χ1v) is 7.78. The average molecular weight is 305 g/mol. The number of carbonyl (C=O) groups is 1. The normalized spacial score (nSPS) is 10.4. The van der Waals surface area contributed by atoms with Gasteiger partial charge in [-0.2, -0.15) is 0 Å². The topological polar surface area (TPSA) is 68.5 Å². The standard InChI is InChI=1S/C15H19N3O2S/c1-3-18(4-2)15(19)8-20-14-6-5-11(7-12(14)16)13-9-21-10-17-13/h5-7,9-10H,3-4,8,16H2,1-2H3. The summed E-state index contributed by atoms with van der Waals surface area (Å²) in [5.41, 5.74) is 10.1. The molecule has 2 N–H and O–H groups in total. The van der Waals surface area contributed by atoms with Crippen LogP contribution in [-0.4, -0.2) is 35.5 Å². The van der Waals surface area contributed by atoms with Crippen molar-refractivity contribution in [2.45, 2.75) is 13.8 Å². The average Bonchev–Trinajstić information content (AvgIpc) is 3.01. The molecule has 1 aromatic carbocycles. The lowest BCUT2D eigenvalue weighted by Gasteiger charge is -2.19. The first-order valence-electron chi connectivity index (χ1n) is 6.84. The van der Waals surface area contributed by atoms with Gasteiger partial charge < -0.3 is 15.4 Å². The molecule has 6 heteroatoms. The van der Waals surface area contributed by atoms with E-state index in [1.165, 1.54) is 11.3 Å². The molecule has 1 amide bonds. The van der Waals surface area contributed by atoms with Crippen molar-refractivity contribution in [3.63, 3.8) is 0 Å². The molecule has 5 nitrogen and oxygen atoms in total. The smallest absolute Gasteiger partial charge is 0.260 e. The van der Waals surface area contributed by atoms with Crippen molar-refractivity contribution in [2.75, 3.05) is 25.4 Å². The van der Waals surface area contributed by atoms with Gasteiger partial charge in [0, 0.05) is 24.0 Å². The van der Waals surface area contributed by atoms with Crippen LogP contribution in [-0.2, 0) is 4.79 Å². The summed E-state index contributed by atoms with van der Waals surface area (Å²) in [5, 5.41) is 1.96. The van der Waals surface area contributed by atoms with Crippen LogP contribution in [0.15, 0.2) is 29.1 Å². The molecule has 1 aromatic heterocycles. The van der Waals surface area contributed by atoms with Crippen LogP contribution < -0.4 is 10.5 Å². The molecule has 0 aliphatic rings. The Morgan fingerprint density at radius 2 is 2.14 bits per heavy atom. The molecule has 0 radical (unpaired) electrons. The number of nitrogen functional groups attached to an aromatic ring is 1. The maximum atomic E-state index is 11.9. The zero-order valence-electron chi connectivity index (χ0n) is 12.2. The minimum Gasteiger partial charge on any atom is -0.482 e. The van der Waals surface area contributed by atoms with E-state index in [-0.39, 0.29) is 12.5 Å². The third-order valence-electron chi connectivity index (χ3n) is 3.21. The SMILES string of the molecule is CCN(CC)C(=O)COc1ccc(-c2cscn2)cc1N. The summed E-state index contributed by atoms with van der Waals surface area (Å²) in [6.07, 6.45) is 0. The fourth-order valence-corrected chi connectivity index (χ4v) is 2.56. The predicted molar refractivity (Wildman–Crippen MR) is 85.4 cm³/mol. The molecule has 0 unspecified atom stereocenters. The zero-order valence-corrected chi connectivity index (χ0v) is 13.0. The number of thiazole rings is 1. The summed E-state index contributed by atoms with van der Waals surface area (Å²) < 4.78 is 5.52. The maximum Gasteiger partial charge on any atom is 0.260 e. The Balaban J connectivity index is 2.03. The predicted octanol–water partition coefficient (Wildman–Crippen LogP) is 2.64. The Kier molecular flexibility index (Phi) is 5.16. The lowest BCUT2D eigenvalue weighted by Crippen LogP contribution is -2.34. The highest BCUT2D eigenvalue weighted by Gasteiger charge is 2.12. The fraction of sp³-hybridized carbons (Fsp3) is 0.333. The van der Waals surface area contributed by atoms with Crippen molar-refractivity contribution in [1.82, 2.24) is 9.88 Å². The Labute approximate surface area is 128 Å². The molecule has 21 heavy (non-hydrogen) atoms. The Hall–Kier alpha value is -2.08. The minimum absolute atomic E-state index is 0.00191. The number of nitrogens with zero attached hydrogens (tertiary/aromatic N) is 2. The highest BCUT2D eigenvalue weighted by molar-refractivity contribution is 7.07. The number of likely N-dealkylation sites (N-methyl/N-ethyl adjacent to an activating group) is 1. The number of anilines is 1. The van der Waals surface area contributed by atoms with Crippen LogP contribution in [0.4, 0.5) is 5.69 Å². The van der Waals surface area contributed by atoms with E-state index in [1.54, 1.807) is 16.5 Å². The Morgan fingerprint density at radius 3 is 2.71 bits per heavy atom. The highest BCUT2D eigenvalue weighted by Crippen LogP contribution is 2.28. The van der Waals surface area contributed by atoms with Gasteiger partial charge in [-0.25, -0.2) is 4.98 Å². The molecule has 0 aliphatic carbocycles. The summed E-state index contributed by atoms with van der Waals surface area (Å²) in [6.45, 7) is 5.24. The highest BCUT2D eigenvalue weighted by atomic mass is 32.1. The second kappa shape index (κ2) is 7.08. The van der Waals surface area contributed by atoms with Crippen LogP contribution in [0.3, 0.4) is 0 Å². The maximum absolute atomic E-state index is 11.9. The van der Waals surface area contributed by atoms with E-state index in [0.29, 0.717) is 24.5 Å². The second-order valence-corrected chi connectivity index (χ2v) is 5.20. The largest absolute Gasteiger partial charge is 0.482 e. The van der Waals surface area contributed by atoms with E-state index in [9.17, 15) is 4.79 Å². The number of hydrogen-bond donors (Lipinski definition) is 1. The van der Waals surface area contributed by atoms with E-state index >= 15 is 0 Å². The van der Waals surface area contributed by atoms with Crippen molar-refractivity contribution >= 4 is 22.9 Å². The minimum atomic E-state index is -0.0389. The van der Waals surface area contributed by atoms with Crippen LogP contribution in [0.1, 0.15) is 13.8 Å². The van der Waals surface area contributed by atoms with Crippen molar-refractivity contribution in [2.24, 2.45) is 0 Å². The fourth-order valence-electron chi connectivity index (χ4n) is 2.00. The molecular formula is C15H19N3O2S. The molecule has 0 atom stereocenters. The van der Waals surface area contributed by atoms with Gasteiger partial charge in [0.2, 0.25) is 0 Å². The number of carbonyl (C=O) groups excluding carboxylic acids is 1. The van der Waals surface area contributed by atoms with E-state index < -0.39 is 0 Å². The van der Waals surface area contributed by atoms with Crippen LogP contribution >= 0.6 is 11.3 Å². The van der Waals surface area contributed by atoms with Gasteiger partial charge >= 0.3 is 0 Å². The van der Waals surface area contributed by atoms with Gasteiger partial charge in [0.25, 0.3) is 5.91 Å². The first-order chi connectivity index (χ1) is 10.2. The molecule has 2 aromatic rings. The molecule has 0 fully saturated rings. The number of rotatable bonds is 6. The van der Waals surface area contributed by atoms with Crippen LogP contribution in [0.5, 0.6) is 5.75 Å². The number of amides is 1. The van der Waals surface area contributed by atoms with E-state index in [0.717, 1.165) is 11.3 Å². The first kappa shape index (κ1) is 15.3. The molecule has 1 heterocycles. The molecule has 2 rings (SSSR count).